The number of carbonyl (C=O) groups excluding carboxylic acids is 2. The third-order valence-electron chi connectivity index (χ3n) is 4.37. The quantitative estimate of drug-likeness (QED) is 0.156. The Bertz CT molecular complexity index is 974. The van der Waals surface area contributed by atoms with Gasteiger partial charge in [-0.15, -0.1) is 0 Å². The molecule has 0 fully saturated rings. The van der Waals surface area contributed by atoms with E-state index in [2.05, 4.69) is 61.6 Å². The highest BCUT2D eigenvalue weighted by Gasteiger charge is 2.16. The summed E-state index contributed by atoms with van der Waals surface area (Å²) < 4.78 is 12.5. The average molecular weight is 634 g/mol. The molecule has 0 unspecified atom stereocenters. The monoisotopic (exact) mass is 633 g/mol. The number of methoxy groups -OCH3 is 1. The lowest BCUT2D eigenvalue weighted by atomic mass is 10.2. The number of ether oxygens (including phenoxy) is 2. The number of hydrazine groups is 1. The number of benzene rings is 2. The van der Waals surface area contributed by atoms with Gasteiger partial charge in [0.15, 0.2) is 5.11 Å². The van der Waals surface area contributed by atoms with Crippen LogP contribution in [0.4, 0.5) is 0 Å². The first-order chi connectivity index (χ1) is 15.3. The van der Waals surface area contributed by atoms with Crippen molar-refractivity contribution in [3.63, 3.8) is 0 Å². The normalized spacial score (nSPS) is 10.2. The highest BCUT2D eigenvalue weighted by molar-refractivity contribution is 14.1. The van der Waals surface area contributed by atoms with Crippen molar-refractivity contribution in [3.8, 4) is 11.5 Å². The Balaban J connectivity index is 1.92. The zero-order valence-electron chi connectivity index (χ0n) is 17.8. The second-order valence-electron chi connectivity index (χ2n) is 6.76. The minimum atomic E-state index is -0.444. The maximum atomic E-state index is 12.7. The van der Waals surface area contributed by atoms with E-state index in [1.54, 1.807) is 37.4 Å². The fraction of sp³-hybridized carbons (Fsp3) is 0.318. The summed E-state index contributed by atoms with van der Waals surface area (Å²) in [5.41, 5.74) is 5.78. The van der Waals surface area contributed by atoms with Crippen LogP contribution in [-0.2, 0) is 0 Å². The summed E-state index contributed by atoms with van der Waals surface area (Å²) >= 11 is 10.6. The molecule has 0 aromatic heterocycles. The van der Waals surface area contributed by atoms with Gasteiger partial charge in [-0.05, 0) is 77.6 Å². The number of thiocarbonyl (C=S) groups is 1. The molecule has 2 aromatic carbocycles. The van der Waals surface area contributed by atoms with Crippen LogP contribution in [0.2, 0.25) is 0 Å². The number of hydrogen-bond donors (Lipinski definition) is 3. The summed E-state index contributed by atoms with van der Waals surface area (Å²) in [6.45, 7) is 2.68. The van der Waals surface area contributed by atoms with E-state index in [1.165, 1.54) is 0 Å². The van der Waals surface area contributed by atoms with E-state index in [-0.39, 0.29) is 5.11 Å². The zero-order valence-corrected chi connectivity index (χ0v) is 22.4. The van der Waals surface area contributed by atoms with E-state index >= 15 is 0 Å². The average Bonchev–Trinajstić information content (AvgIpc) is 2.78. The number of rotatable bonds is 9. The standard InChI is InChI=1S/C22H25BrIN3O4S/c1-3-4-5-6-11-31-18-10-8-15(23)13-16(18)21(29)25-22(32)27-26-20(28)14-7-9-19(30-2)17(24)12-14/h7-10,12-13H,3-6,11H2,1-2H3,(H,26,28)(H2,25,27,29,32). The SMILES string of the molecule is CCCCCCOc1ccc(Br)cc1C(=O)NC(=S)NNC(=O)c1ccc(OC)c(I)c1. The van der Waals surface area contributed by atoms with Gasteiger partial charge in [-0.1, -0.05) is 42.1 Å². The fourth-order valence-corrected chi connectivity index (χ4v) is 3.95. The van der Waals surface area contributed by atoms with Gasteiger partial charge in [0.2, 0.25) is 0 Å². The van der Waals surface area contributed by atoms with Crippen LogP contribution in [0.5, 0.6) is 11.5 Å². The van der Waals surface area contributed by atoms with Crippen molar-refractivity contribution >= 4 is 67.7 Å². The van der Waals surface area contributed by atoms with Crippen LogP contribution in [0.25, 0.3) is 0 Å². The highest BCUT2D eigenvalue weighted by Crippen LogP contribution is 2.24. The summed E-state index contributed by atoms with van der Waals surface area (Å²) in [4.78, 5) is 25.1. The Morgan fingerprint density at radius 1 is 1.03 bits per heavy atom. The molecule has 0 heterocycles. The van der Waals surface area contributed by atoms with Crippen LogP contribution in [0, 0.1) is 3.57 Å². The molecular weight excluding hydrogens is 609 g/mol. The first-order valence-corrected chi connectivity index (χ1v) is 12.3. The van der Waals surface area contributed by atoms with Crippen molar-refractivity contribution < 1.29 is 19.1 Å². The second-order valence-corrected chi connectivity index (χ2v) is 9.25. The molecule has 10 heteroatoms. The molecule has 0 atom stereocenters. The number of halogens is 2. The molecule has 2 amide bonds. The van der Waals surface area contributed by atoms with Gasteiger partial charge in [0.1, 0.15) is 11.5 Å². The molecule has 2 rings (SSSR count). The molecule has 0 spiro atoms. The van der Waals surface area contributed by atoms with E-state index in [4.69, 9.17) is 21.7 Å². The first kappa shape index (κ1) is 26.3. The number of carbonyl (C=O) groups is 2. The minimum absolute atomic E-state index is 0.0413. The molecule has 0 saturated heterocycles. The molecule has 0 radical (unpaired) electrons. The van der Waals surface area contributed by atoms with Crippen molar-refractivity contribution in [1.82, 2.24) is 16.2 Å². The fourth-order valence-electron chi connectivity index (χ4n) is 2.71. The predicted molar refractivity (Wildman–Crippen MR) is 140 cm³/mol. The number of nitrogens with one attached hydrogen (secondary N) is 3. The molecular formula is C22H25BrIN3O4S. The molecule has 32 heavy (non-hydrogen) atoms. The molecule has 3 N–H and O–H groups in total. The molecule has 0 saturated carbocycles. The van der Waals surface area contributed by atoms with Gasteiger partial charge >= 0.3 is 0 Å². The number of unbranched alkanes of at least 4 members (excludes halogenated alkanes) is 3. The van der Waals surface area contributed by atoms with Crippen molar-refractivity contribution in [1.29, 1.82) is 0 Å². The summed E-state index contributed by atoms with van der Waals surface area (Å²) in [7, 11) is 1.56. The highest BCUT2D eigenvalue weighted by atomic mass is 127. The van der Waals surface area contributed by atoms with E-state index in [0.29, 0.717) is 29.2 Å². The predicted octanol–water partition coefficient (Wildman–Crippen LogP) is 4.97. The first-order valence-electron chi connectivity index (χ1n) is 10.0. The molecule has 0 aliphatic heterocycles. The van der Waals surface area contributed by atoms with Crippen molar-refractivity contribution in [2.45, 2.75) is 32.6 Å². The van der Waals surface area contributed by atoms with E-state index in [1.807, 2.05) is 6.07 Å². The van der Waals surface area contributed by atoms with Crippen molar-refractivity contribution in [3.05, 3.63) is 55.6 Å². The summed E-state index contributed by atoms with van der Waals surface area (Å²) in [5.74, 6) is 0.304. The molecule has 172 valence electrons. The Morgan fingerprint density at radius 2 is 1.78 bits per heavy atom. The van der Waals surface area contributed by atoms with Gasteiger partial charge in [0.25, 0.3) is 11.8 Å². The third-order valence-corrected chi connectivity index (χ3v) is 5.91. The van der Waals surface area contributed by atoms with Gasteiger partial charge < -0.3 is 9.47 Å². The van der Waals surface area contributed by atoms with Crippen LogP contribution >= 0.6 is 50.7 Å². The number of amides is 2. The van der Waals surface area contributed by atoms with Crippen molar-refractivity contribution in [2.75, 3.05) is 13.7 Å². The van der Waals surface area contributed by atoms with Crippen molar-refractivity contribution in [2.24, 2.45) is 0 Å². The summed E-state index contributed by atoms with van der Waals surface area (Å²) in [5, 5.41) is 2.51. The van der Waals surface area contributed by atoms with E-state index in [0.717, 1.165) is 33.7 Å². The smallest absolute Gasteiger partial charge is 0.269 e. The zero-order chi connectivity index (χ0) is 23.5. The van der Waals surface area contributed by atoms with E-state index in [9.17, 15) is 9.59 Å². The van der Waals surface area contributed by atoms with Gasteiger partial charge in [0.05, 0.1) is 22.9 Å². The Labute approximate surface area is 215 Å². The van der Waals surface area contributed by atoms with Gasteiger partial charge in [-0.2, -0.15) is 0 Å². The summed E-state index contributed by atoms with van der Waals surface area (Å²) in [6, 6.07) is 10.2. The molecule has 0 aliphatic rings. The lowest BCUT2D eigenvalue weighted by Crippen LogP contribution is -2.48. The van der Waals surface area contributed by atoms with Crippen LogP contribution in [0.3, 0.4) is 0 Å². The minimum Gasteiger partial charge on any atom is -0.496 e. The van der Waals surface area contributed by atoms with Gasteiger partial charge in [-0.25, -0.2) is 0 Å². The third kappa shape index (κ3) is 8.21. The van der Waals surface area contributed by atoms with E-state index < -0.39 is 11.8 Å². The van der Waals surface area contributed by atoms with Gasteiger partial charge in [-0.3, -0.25) is 25.8 Å². The Kier molecular flexibility index (Phi) is 11.2. The van der Waals surface area contributed by atoms with Crippen LogP contribution < -0.4 is 25.6 Å². The Morgan fingerprint density at radius 3 is 2.47 bits per heavy atom. The molecule has 2 aromatic rings. The Hall–Kier alpha value is -1.92. The van der Waals surface area contributed by atoms with Crippen LogP contribution in [-0.4, -0.2) is 30.6 Å². The van der Waals surface area contributed by atoms with Crippen LogP contribution in [0.1, 0.15) is 53.3 Å². The maximum absolute atomic E-state index is 12.7. The molecule has 0 bridgehead atoms. The lowest BCUT2D eigenvalue weighted by molar-refractivity contribution is 0.0933. The number of hydrogen-bond acceptors (Lipinski definition) is 5. The van der Waals surface area contributed by atoms with Crippen LogP contribution in [0.15, 0.2) is 40.9 Å². The molecule has 7 nitrogen and oxygen atoms in total. The maximum Gasteiger partial charge on any atom is 0.269 e. The van der Waals surface area contributed by atoms with Gasteiger partial charge in [0, 0.05) is 10.0 Å². The summed E-state index contributed by atoms with van der Waals surface area (Å²) in [6.07, 6.45) is 4.29. The largest absolute Gasteiger partial charge is 0.496 e. The lowest BCUT2D eigenvalue weighted by Gasteiger charge is -2.14. The second kappa shape index (κ2) is 13.6. The topological polar surface area (TPSA) is 88.7 Å². The molecule has 0 aliphatic carbocycles.